The summed E-state index contributed by atoms with van der Waals surface area (Å²) < 4.78 is 44.6. The second kappa shape index (κ2) is 6.38. The summed E-state index contributed by atoms with van der Waals surface area (Å²) >= 11 is 0. The van der Waals surface area contributed by atoms with Gasteiger partial charge in [0.1, 0.15) is 0 Å². The average molecular weight is 319 g/mol. The van der Waals surface area contributed by atoms with E-state index < -0.39 is 18.0 Å². The van der Waals surface area contributed by atoms with Crippen LogP contribution in [-0.2, 0) is 9.53 Å². The van der Waals surface area contributed by atoms with E-state index in [1.165, 1.54) is 0 Å². The van der Waals surface area contributed by atoms with Crippen LogP contribution in [0.4, 0.5) is 13.2 Å². The maximum atomic E-state index is 12.9. The van der Waals surface area contributed by atoms with Crippen LogP contribution in [-0.4, -0.2) is 42.3 Å². The maximum absolute atomic E-state index is 12.9. The molecule has 126 valence electrons. The summed E-state index contributed by atoms with van der Waals surface area (Å²) in [5.41, 5.74) is 0. The highest BCUT2D eigenvalue weighted by molar-refractivity contribution is 5.79. The van der Waals surface area contributed by atoms with Crippen molar-refractivity contribution >= 4 is 5.91 Å². The summed E-state index contributed by atoms with van der Waals surface area (Å²) in [5, 5.41) is 0. The Kier molecular flexibility index (Phi) is 4.67. The van der Waals surface area contributed by atoms with E-state index in [0.717, 1.165) is 25.7 Å². The Hall–Kier alpha value is -0.780. The first-order valence-electron chi connectivity index (χ1n) is 8.45. The molecule has 3 nitrogen and oxygen atoms in total. The van der Waals surface area contributed by atoms with Gasteiger partial charge in [-0.3, -0.25) is 4.79 Å². The molecule has 22 heavy (non-hydrogen) atoms. The number of halogens is 3. The molecule has 1 heterocycles. The van der Waals surface area contributed by atoms with Gasteiger partial charge in [-0.25, -0.2) is 0 Å². The SMILES string of the molecule is O=C(C1CCCC(C(F)(F)F)C1)N1CCOC2CCCCC21. The lowest BCUT2D eigenvalue weighted by atomic mass is 9.79. The molecule has 1 saturated heterocycles. The first kappa shape index (κ1) is 16.1. The van der Waals surface area contributed by atoms with E-state index in [1.54, 1.807) is 0 Å². The topological polar surface area (TPSA) is 29.5 Å². The van der Waals surface area contributed by atoms with Crippen LogP contribution in [0.5, 0.6) is 0 Å². The van der Waals surface area contributed by atoms with Gasteiger partial charge in [0, 0.05) is 12.5 Å². The molecule has 0 aromatic rings. The molecular weight excluding hydrogens is 295 g/mol. The van der Waals surface area contributed by atoms with Crippen molar-refractivity contribution in [1.29, 1.82) is 0 Å². The van der Waals surface area contributed by atoms with Crippen LogP contribution in [0.15, 0.2) is 0 Å². The Morgan fingerprint density at radius 3 is 2.59 bits per heavy atom. The molecule has 4 unspecified atom stereocenters. The predicted octanol–water partition coefficient (Wildman–Crippen LogP) is 3.53. The summed E-state index contributed by atoms with van der Waals surface area (Å²) in [6.45, 7) is 1.05. The van der Waals surface area contributed by atoms with Crippen molar-refractivity contribution in [3.63, 3.8) is 0 Å². The van der Waals surface area contributed by atoms with Crippen molar-refractivity contribution < 1.29 is 22.7 Å². The van der Waals surface area contributed by atoms with Crippen molar-refractivity contribution in [2.75, 3.05) is 13.2 Å². The number of ether oxygens (including phenoxy) is 1. The van der Waals surface area contributed by atoms with Crippen molar-refractivity contribution in [3.8, 4) is 0 Å². The Balaban J connectivity index is 1.67. The summed E-state index contributed by atoms with van der Waals surface area (Å²) in [6.07, 6.45) is 1.23. The number of alkyl halides is 3. The highest BCUT2D eigenvalue weighted by Gasteiger charge is 2.46. The van der Waals surface area contributed by atoms with Crippen LogP contribution in [0.1, 0.15) is 51.4 Å². The highest BCUT2D eigenvalue weighted by Crippen LogP contribution is 2.41. The lowest BCUT2D eigenvalue weighted by Gasteiger charge is -2.45. The molecule has 3 aliphatic rings. The van der Waals surface area contributed by atoms with Gasteiger partial charge in [0.05, 0.1) is 24.7 Å². The molecular formula is C16H24F3NO2. The van der Waals surface area contributed by atoms with Gasteiger partial charge in [0.2, 0.25) is 5.91 Å². The number of rotatable bonds is 1. The van der Waals surface area contributed by atoms with E-state index in [1.807, 2.05) is 4.90 Å². The summed E-state index contributed by atoms with van der Waals surface area (Å²) in [6, 6.07) is 0.0845. The molecule has 4 atom stereocenters. The fraction of sp³-hybridized carbons (Fsp3) is 0.938. The molecule has 3 fully saturated rings. The van der Waals surface area contributed by atoms with Gasteiger partial charge in [-0.05, 0) is 32.1 Å². The Labute approximate surface area is 129 Å². The lowest BCUT2D eigenvalue weighted by Crippen LogP contribution is -2.56. The minimum absolute atomic E-state index is 0.0307. The normalized spacial score (nSPS) is 36.8. The van der Waals surface area contributed by atoms with Crippen LogP contribution in [0.2, 0.25) is 0 Å². The zero-order valence-electron chi connectivity index (χ0n) is 12.8. The Morgan fingerprint density at radius 1 is 1.05 bits per heavy atom. The number of carbonyl (C=O) groups excluding carboxylic acids is 1. The minimum Gasteiger partial charge on any atom is -0.374 e. The minimum atomic E-state index is -4.17. The smallest absolute Gasteiger partial charge is 0.374 e. The van der Waals surface area contributed by atoms with Crippen molar-refractivity contribution in [1.82, 2.24) is 4.90 Å². The second-order valence-electron chi connectivity index (χ2n) is 6.89. The van der Waals surface area contributed by atoms with E-state index in [2.05, 4.69) is 0 Å². The van der Waals surface area contributed by atoms with Crippen LogP contribution in [0.25, 0.3) is 0 Å². The maximum Gasteiger partial charge on any atom is 0.391 e. The van der Waals surface area contributed by atoms with Crippen LogP contribution < -0.4 is 0 Å². The third kappa shape index (κ3) is 3.26. The Morgan fingerprint density at radius 2 is 1.82 bits per heavy atom. The lowest BCUT2D eigenvalue weighted by molar-refractivity contribution is -0.189. The standard InChI is InChI=1S/C16H24F3NO2/c17-16(18,19)12-5-3-4-11(10-12)15(21)20-8-9-22-14-7-2-1-6-13(14)20/h11-14H,1-10H2. The van der Waals surface area contributed by atoms with Crippen molar-refractivity contribution in [3.05, 3.63) is 0 Å². The van der Waals surface area contributed by atoms with Gasteiger partial charge >= 0.3 is 6.18 Å². The molecule has 1 amide bonds. The van der Waals surface area contributed by atoms with Gasteiger partial charge in [0.15, 0.2) is 0 Å². The number of nitrogens with zero attached hydrogens (tertiary/aromatic N) is 1. The number of morpholine rings is 1. The predicted molar refractivity (Wildman–Crippen MR) is 75.2 cm³/mol. The molecule has 1 aliphatic heterocycles. The largest absolute Gasteiger partial charge is 0.391 e. The molecule has 0 spiro atoms. The van der Waals surface area contributed by atoms with E-state index >= 15 is 0 Å². The van der Waals surface area contributed by atoms with Crippen LogP contribution in [0, 0.1) is 11.8 Å². The number of amides is 1. The number of carbonyl (C=O) groups is 1. The third-order valence-electron chi connectivity index (χ3n) is 5.50. The monoisotopic (exact) mass is 319 g/mol. The second-order valence-corrected chi connectivity index (χ2v) is 6.89. The van der Waals surface area contributed by atoms with E-state index in [-0.39, 0.29) is 30.9 Å². The number of hydrogen-bond donors (Lipinski definition) is 0. The van der Waals surface area contributed by atoms with E-state index in [4.69, 9.17) is 4.74 Å². The molecule has 0 radical (unpaired) electrons. The first-order valence-corrected chi connectivity index (χ1v) is 8.45. The van der Waals surface area contributed by atoms with Gasteiger partial charge in [0.25, 0.3) is 0 Å². The van der Waals surface area contributed by atoms with Gasteiger partial charge < -0.3 is 9.64 Å². The molecule has 0 bridgehead atoms. The van der Waals surface area contributed by atoms with Crippen LogP contribution in [0.3, 0.4) is 0 Å². The quantitative estimate of drug-likeness (QED) is 0.740. The van der Waals surface area contributed by atoms with E-state index in [9.17, 15) is 18.0 Å². The van der Waals surface area contributed by atoms with Gasteiger partial charge in [-0.2, -0.15) is 13.2 Å². The zero-order chi connectivity index (χ0) is 15.7. The molecule has 0 aromatic carbocycles. The molecule has 2 saturated carbocycles. The summed E-state index contributed by atoms with van der Waals surface area (Å²) in [7, 11) is 0. The molecule has 6 heteroatoms. The van der Waals surface area contributed by atoms with E-state index in [0.29, 0.717) is 26.0 Å². The van der Waals surface area contributed by atoms with Crippen molar-refractivity contribution in [2.45, 2.75) is 69.7 Å². The zero-order valence-corrected chi connectivity index (χ0v) is 12.8. The molecule has 3 rings (SSSR count). The van der Waals surface area contributed by atoms with Crippen molar-refractivity contribution in [2.24, 2.45) is 11.8 Å². The number of fused-ring (bicyclic) bond motifs is 1. The molecule has 0 aromatic heterocycles. The average Bonchev–Trinajstić information content (AvgIpc) is 2.53. The fourth-order valence-electron chi connectivity index (χ4n) is 4.32. The first-order chi connectivity index (χ1) is 10.5. The summed E-state index contributed by atoms with van der Waals surface area (Å²) in [5.74, 6) is -1.83. The Bertz CT molecular complexity index is 411. The van der Waals surface area contributed by atoms with Crippen LogP contribution >= 0.6 is 0 Å². The highest BCUT2D eigenvalue weighted by atomic mass is 19.4. The molecule has 2 aliphatic carbocycles. The fourth-order valence-corrected chi connectivity index (χ4v) is 4.32. The third-order valence-corrected chi connectivity index (χ3v) is 5.50. The van der Waals surface area contributed by atoms with Gasteiger partial charge in [-0.15, -0.1) is 0 Å². The summed E-state index contributed by atoms with van der Waals surface area (Å²) in [4.78, 5) is 14.6. The number of hydrogen-bond acceptors (Lipinski definition) is 2. The van der Waals surface area contributed by atoms with Gasteiger partial charge in [-0.1, -0.05) is 19.3 Å². The molecule has 0 N–H and O–H groups in total.